The molecule has 3 aromatic carbocycles. The van der Waals surface area contributed by atoms with Crippen molar-refractivity contribution in [3.05, 3.63) is 90.0 Å². The first kappa shape index (κ1) is 24.3. The van der Waals surface area contributed by atoms with Gasteiger partial charge in [0, 0.05) is 43.2 Å². The normalized spacial score (nSPS) is 14.4. The maximum Gasteiger partial charge on any atom is 0.325 e. The largest absolute Gasteiger partial charge is 0.431 e. The number of carbonyl (C=O) groups is 2. The third-order valence-corrected chi connectivity index (χ3v) is 7.60. The highest BCUT2D eigenvalue weighted by molar-refractivity contribution is 8.12. The van der Waals surface area contributed by atoms with Crippen LogP contribution in [-0.4, -0.2) is 40.2 Å². The highest BCUT2D eigenvalue weighted by Crippen LogP contribution is 2.31. The van der Waals surface area contributed by atoms with Crippen LogP contribution in [0.4, 0.5) is 4.79 Å². The molecule has 0 atom stereocenters. The van der Waals surface area contributed by atoms with Gasteiger partial charge in [-0.1, -0.05) is 65.9 Å². The van der Waals surface area contributed by atoms with E-state index in [1.807, 2.05) is 42.5 Å². The van der Waals surface area contributed by atoms with Gasteiger partial charge in [-0.3, -0.25) is 14.4 Å². The second kappa shape index (κ2) is 11.6. The van der Waals surface area contributed by atoms with E-state index in [9.17, 15) is 9.59 Å². The maximum absolute atomic E-state index is 12.2. The Kier molecular flexibility index (Phi) is 7.80. The number of amides is 2. The minimum atomic E-state index is -0.327. The summed E-state index contributed by atoms with van der Waals surface area (Å²) in [7, 11) is 0. The summed E-state index contributed by atoms with van der Waals surface area (Å²) in [6, 6.07) is 24.8. The zero-order chi connectivity index (χ0) is 24.7. The molecule has 184 valence electrons. The predicted octanol–water partition coefficient (Wildman–Crippen LogP) is 5.84. The molecule has 2 amide bonds. The van der Waals surface area contributed by atoms with Crippen molar-refractivity contribution in [1.82, 2.24) is 19.9 Å². The van der Waals surface area contributed by atoms with Gasteiger partial charge in [0.1, 0.15) is 5.75 Å². The van der Waals surface area contributed by atoms with Crippen molar-refractivity contribution in [2.24, 2.45) is 0 Å². The van der Waals surface area contributed by atoms with Crippen molar-refractivity contribution in [3.8, 4) is 10.9 Å². The number of hydrogen-bond acceptors (Lipinski definition) is 7. The van der Waals surface area contributed by atoms with E-state index in [0.29, 0.717) is 10.8 Å². The van der Waals surface area contributed by atoms with E-state index >= 15 is 0 Å². The van der Waals surface area contributed by atoms with Crippen molar-refractivity contribution in [1.29, 1.82) is 0 Å². The first-order valence-corrected chi connectivity index (χ1v) is 13.4. The molecule has 5 rings (SSSR count). The van der Waals surface area contributed by atoms with Gasteiger partial charge in [-0.15, -0.1) is 0 Å². The number of ether oxygens (including phenoxy) is 1. The van der Waals surface area contributed by atoms with E-state index in [-0.39, 0.29) is 17.2 Å². The Hall–Kier alpha value is -3.40. The lowest BCUT2D eigenvalue weighted by molar-refractivity contribution is 0.108. The number of thiazole rings is 1. The Balaban J connectivity index is 1.03. The molecular formula is C27H26N4O3S2. The Morgan fingerprint density at radius 1 is 0.972 bits per heavy atom. The number of carbonyl (C=O) groups excluding carboxylic acids is 2. The Bertz CT molecular complexity index is 1290. The number of urea groups is 1. The van der Waals surface area contributed by atoms with Gasteiger partial charge in [-0.05, 0) is 42.7 Å². The van der Waals surface area contributed by atoms with E-state index in [2.05, 4.69) is 32.1 Å². The van der Waals surface area contributed by atoms with Crippen LogP contribution in [0.5, 0.6) is 10.9 Å². The van der Waals surface area contributed by atoms with E-state index in [1.54, 1.807) is 24.3 Å². The second-order valence-electron chi connectivity index (χ2n) is 8.58. The van der Waals surface area contributed by atoms with Crippen LogP contribution in [0.1, 0.15) is 28.8 Å². The maximum atomic E-state index is 12.2. The zero-order valence-corrected chi connectivity index (χ0v) is 21.2. The first-order chi connectivity index (χ1) is 17.6. The van der Waals surface area contributed by atoms with Crippen LogP contribution in [0.3, 0.4) is 0 Å². The topological polar surface area (TPSA) is 83.6 Å². The zero-order valence-electron chi connectivity index (χ0n) is 19.6. The van der Waals surface area contributed by atoms with Crippen LogP contribution in [0.2, 0.25) is 0 Å². The van der Waals surface area contributed by atoms with Gasteiger partial charge < -0.3 is 10.1 Å². The van der Waals surface area contributed by atoms with Crippen molar-refractivity contribution < 1.29 is 14.3 Å². The monoisotopic (exact) mass is 518 g/mol. The summed E-state index contributed by atoms with van der Waals surface area (Å²) in [6.45, 7) is 2.64. The van der Waals surface area contributed by atoms with Gasteiger partial charge >= 0.3 is 6.03 Å². The summed E-state index contributed by atoms with van der Waals surface area (Å²) < 4.78 is 9.65. The van der Waals surface area contributed by atoms with Crippen LogP contribution < -0.4 is 14.8 Å². The summed E-state index contributed by atoms with van der Waals surface area (Å²) in [6.07, 6.45) is 1.73. The predicted molar refractivity (Wildman–Crippen MR) is 144 cm³/mol. The van der Waals surface area contributed by atoms with Gasteiger partial charge in [0.2, 0.25) is 5.12 Å². The minimum Gasteiger partial charge on any atom is -0.431 e. The number of nitrogens with zero attached hydrogens (tertiary/aromatic N) is 2. The van der Waals surface area contributed by atoms with Gasteiger partial charge in [-0.25, -0.2) is 9.78 Å². The van der Waals surface area contributed by atoms with Gasteiger partial charge in [-0.2, -0.15) is 0 Å². The molecule has 0 spiro atoms. The van der Waals surface area contributed by atoms with Gasteiger partial charge in [0.15, 0.2) is 0 Å². The molecule has 0 bridgehead atoms. The highest BCUT2D eigenvalue weighted by Gasteiger charge is 2.21. The van der Waals surface area contributed by atoms with Crippen LogP contribution in [0, 0.1) is 0 Å². The number of rotatable bonds is 6. The lowest BCUT2D eigenvalue weighted by Gasteiger charge is -2.32. The van der Waals surface area contributed by atoms with Crippen molar-refractivity contribution >= 4 is 44.6 Å². The molecule has 7 nitrogen and oxygen atoms in total. The van der Waals surface area contributed by atoms with Crippen LogP contribution >= 0.6 is 23.3 Å². The number of benzene rings is 3. The number of para-hydroxylation sites is 1. The molecule has 1 fully saturated rings. The third kappa shape index (κ3) is 6.42. The number of aromatic nitrogens is 1. The molecule has 0 radical (unpaired) electrons. The quantitative estimate of drug-likeness (QED) is 0.312. The minimum absolute atomic E-state index is 0.0956. The summed E-state index contributed by atoms with van der Waals surface area (Å²) in [5.41, 5.74) is 2.73. The van der Waals surface area contributed by atoms with Crippen LogP contribution in [-0.2, 0) is 6.54 Å². The lowest BCUT2D eigenvalue weighted by atomic mass is 10.0. The van der Waals surface area contributed by atoms with E-state index in [0.717, 1.165) is 60.4 Å². The van der Waals surface area contributed by atoms with Gasteiger partial charge in [0.25, 0.3) is 5.19 Å². The summed E-state index contributed by atoms with van der Waals surface area (Å²) in [5.74, 6) is 0.773. The van der Waals surface area contributed by atoms with E-state index in [4.69, 9.17) is 4.74 Å². The molecule has 0 aliphatic carbocycles. The fourth-order valence-corrected chi connectivity index (χ4v) is 5.43. The molecule has 2 N–H and O–H groups in total. The molecular weight excluding hydrogens is 492 g/mol. The van der Waals surface area contributed by atoms with Crippen molar-refractivity contribution in [2.75, 3.05) is 13.1 Å². The second-order valence-corrected chi connectivity index (χ2v) is 10.3. The molecule has 1 aromatic heterocycles. The standard InChI is InChI=1S/C27H26N4O3S2/c32-25(20-6-2-1-3-7-20)36-30-26(33)28-21-14-16-31(17-15-21)18-19-10-12-22(13-11-19)34-27-29-23-8-4-5-9-24(23)35-27/h1-13,21H,14-18H2,(H2,28,30,33). The summed E-state index contributed by atoms with van der Waals surface area (Å²) in [5, 5.41) is 3.44. The molecule has 1 aliphatic heterocycles. The Morgan fingerprint density at radius 3 is 2.44 bits per heavy atom. The number of likely N-dealkylation sites (tertiary alicyclic amines) is 1. The summed E-state index contributed by atoms with van der Waals surface area (Å²) >= 11 is 2.34. The third-order valence-electron chi connectivity index (χ3n) is 5.98. The number of hydrogen-bond donors (Lipinski definition) is 2. The highest BCUT2D eigenvalue weighted by atomic mass is 32.2. The Morgan fingerprint density at radius 2 is 1.69 bits per heavy atom. The van der Waals surface area contributed by atoms with E-state index in [1.165, 1.54) is 16.9 Å². The smallest absolute Gasteiger partial charge is 0.325 e. The van der Waals surface area contributed by atoms with Crippen LogP contribution in [0.25, 0.3) is 10.2 Å². The SMILES string of the molecule is O=C(NSC(=O)c1ccccc1)NC1CCN(Cc2ccc(Oc3nc4ccccc4s3)cc2)CC1. The fourth-order valence-electron chi connectivity index (χ4n) is 4.09. The molecule has 36 heavy (non-hydrogen) atoms. The molecule has 1 saturated heterocycles. The molecule has 0 saturated carbocycles. The molecule has 2 heterocycles. The summed E-state index contributed by atoms with van der Waals surface area (Å²) in [4.78, 5) is 31.2. The molecule has 0 unspecified atom stereocenters. The average molecular weight is 519 g/mol. The average Bonchev–Trinajstić information content (AvgIpc) is 3.32. The number of fused-ring (bicyclic) bond motifs is 1. The first-order valence-electron chi connectivity index (χ1n) is 11.8. The lowest BCUT2D eigenvalue weighted by Crippen LogP contribution is -2.46. The molecule has 9 heteroatoms. The van der Waals surface area contributed by atoms with Crippen LogP contribution in [0.15, 0.2) is 78.9 Å². The Labute approximate surface area is 218 Å². The van der Waals surface area contributed by atoms with Crippen molar-refractivity contribution in [3.63, 3.8) is 0 Å². The van der Waals surface area contributed by atoms with E-state index < -0.39 is 0 Å². The number of nitrogens with one attached hydrogen (secondary N) is 2. The number of piperidine rings is 1. The molecule has 4 aromatic rings. The van der Waals surface area contributed by atoms with Crippen molar-refractivity contribution in [2.45, 2.75) is 25.4 Å². The van der Waals surface area contributed by atoms with Gasteiger partial charge in [0.05, 0.1) is 10.2 Å². The molecule has 1 aliphatic rings. The fraction of sp³-hybridized carbons (Fsp3) is 0.222.